The van der Waals surface area contributed by atoms with Crippen molar-refractivity contribution < 1.29 is 9.90 Å². The lowest BCUT2D eigenvalue weighted by molar-refractivity contribution is 0.0912. The maximum atomic E-state index is 12.8. The molecule has 4 nitrogen and oxygen atoms in total. The lowest BCUT2D eigenvalue weighted by Crippen LogP contribution is -2.50. The zero-order valence-corrected chi connectivity index (χ0v) is 18.9. The number of anilines is 1. The fraction of sp³-hybridized carbons (Fsp3) is 0.208. The Hall–Kier alpha value is -2.24. The summed E-state index contributed by atoms with van der Waals surface area (Å²) in [6.45, 7) is 2.22. The average Bonchev–Trinajstić information content (AvgIpc) is 2.75. The number of rotatable bonds is 5. The van der Waals surface area contributed by atoms with Crippen LogP contribution in [0.1, 0.15) is 22.0 Å². The van der Waals surface area contributed by atoms with Crippen molar-refractivity contribution in [3.05, 3.63) is 92.9 Å². The highest BCUT2D eigenvalue weighted by Gasteiger charge is 2.31. The Balaban J connectivity index is 1.60. The molecule has 0 bridgehead atoms. The third-order valence-electron chi connectivity index (χ3n) is 5.51. The van der Waals surface area contributed by atoms with E-state index in [1.807, 2.05) is 36.4 Å². The van der Waals surface area contributed by atoms with E-state index in [1.165, 1.54) is 6.07 Å². The van der Waals surface area contributed by atoms with E-state index in [0.717, 1.165) is 11.3 Å². The number of ketones is 1. The number of hydrogen-bond acceptors (Lipinski definition) is 4. The quantitative estimate of drug-likeness (QED) is 0.453. The highest BCUT2D eigenvalue weighted by Crippen LogP contribution is 2.37. The Bertz CT molecular complexity index is 1090. The van der Waals surface area contributed by atoms with Crippen molar-refractivity contribution >= 4 is 46.3 Å². The van der Waals surface area contributed by atoms with Crippen LogP contribution in [0.2, 0.25) is 15.1 Å². The molecule has 3 aromatic carbocycles. The number of carbonyl (C=O) groups is 1. The Morgan fingerprint density at radius 3 is 2.35 bits per heavy atom. The zero-order chi connectivity index (χ0) is 22.0. The summed E-state index contributed by atoms with van der Waals surface area (Å²) in [5.41, 5.74) is 2.32. The molecule has 4 rings (SSSR count). The van der Waals surface area contributed by atoms with Gasteiger partial charge >= 0.3 is 0 Å². The van der Waals surface area contributed by atoms with Crippen LogP contribution in [0.25, 0.3) is 0 Å². The Kier molecular flexibility index (Phi) is 6.73. The van der Waals surface area contributed by atoms with Crippen LogP contribution in [0.3, 0.4) is 0 Å². The number of aromatic hydroxyl groups is 1. The monoisotopic (exact) mass is 474 g/mol. The number of carbonyl (C=O) groups excluding carboxylic acids is 1. The molecule has 3 aromatic rings. The van der Waals surface area contributed by atoms with E-state index >= 15 is 0 Å². The Labute approximate surface area is 196 Å². The number of nitrogens with zero attached hydrogens (tertiary/aromatic N) is 2. The summed E-state index contributed by atoms with van der Waals surface area (Å²) in [5, 5.41) is 11.9. The summed E-state index contributed by atoms with van der Waals surface area (Å²) in [5.74, 6) is -0.0979. The molecule has 0 unspecified atom stereocenters. The van der Waals surface area contributed by atoms with Gasteiger partial charge in [-0.3, -0.25) is 9.69 Å². The second-order valence-corrected chi connectivity index (χ2v) is 8.81. The van der Waals surface area contributed by atoms with E-state index in [4.69, 9.17) is 34.8 Å². The predicted molar refractivity (Wildman–Crippen MR) is 127 cm³/mol. The molecule has 160 valence electrons. The van der Waals surface area contributed by atoms with Crippen LogP contribution in [0.5, 0.6) is 5.75 Å². The van der Waals surface area contributed by atoms with Gasteiger partial charge < -0.3 is 10.0 Å². The molecule has 0 spiro atoms. The van der Waals surface area contributed by atoms with Gasteiger partial charge in [0, 0.05) is 29.7 Å². The number of piperazine rings is 1. The average molecular weight is 476 g/mol. The molecule has 1 heterocycles. The van der Waals surface area contributed by atoms with Crippen molar-refractivity contribution in [3.63, 3.8) is 0 Å². The maximum Gasteiger partial charge on any atom is 0.180 e. The van der Waals surface area contributed by atoms with Crippen molar-refractivity contribution in [3.8, 4) is 5.75 Å². The SMILES string of the molecule is O=C(CN1CCN(c2ccc(Cl)cc2Cl)[C@H](c2ccc(Cl)cc2)C1)c1ccccc1O. The largest absolute Gasteiger partial charge is 0.507 e. The maximum absolute atomic E-state index is 12.8. The van der Waals surface area contributed by atoms with Crippen molar-refractivity contribution in [2.75, 3.05) is 31.1 Å². The highest BCUT2D eigenvalue weighted by atomic mass is 35.5. The van der Waals surface area contributed by atoms with Gasteiger partial charge in [0.05, 0.1) is 28.9 Å². The molecule has 0 saturated carbocycles. The first kappa shape index (κ1) is 22.0. The fourth-order valence-electron chi connectivity index (χ4n) is 3.95. The Morgan fingerprint density at radius 2 is 1.65 bits per heavy atom. The fourth-order valence-corrected chi connectivity index (χ4v) is 4.60. The summed E-state index contributed by atoms with van der Waals surface area (Å²) in [4.78, 5) is 17.1. The number of hydrogen-bond donors (Lipinski definition) is 1. The van der Waals surface area contributed by atoms with Crippen LogP contribution < -0.4 is 4.90 Å². The van der Waals surface area contributed by atoms with Gasteiger partial charge in [0.25, 0.3) is 0 Å². The second-order valence-electron chi connectivity index (χ2n) is 7.53. The second kappa shape index (κ2) is 9.49. The summed E-state index contributed by atoms with van der Waals surface area (Å²) in [6, 6.07) is 19.8. The summed E-state index contributed by atoms with van der Waals surface area (Å²) >= 11 is 18.7. The molecule has 1 saturated heterocycles. The number of phenolic OH excluding ortho intramolecular Hbond substituents is 1. The van der Waals surface area contributed by atoms with Crippen LogP contribution >= 0.6 is 34.8 Å². The highest BCUT2D eigenvalue weighted by molar-refractivity contribution is 6.36. The smallest absolute Gasteiger partial charge is 0.180 e. The van der Waals surface area contributed by atoms with E-state index in [2.05, 4.69) is 9.80 Å². The van der Waals surface area contributed by atoms with E-state index in [1.54, 1.807) is 24.3 Å². The van der Waals surface area contributed by atoms with E-state index < -0.39 is 0 Å². The van der Waals surface area contributed by atoms with Gasteiger partial charge in [-0.15, -0.1) is 0 Å². The predicted octanol–water partition coefficient (Wildman–Crippen LogP) is 6.10. The first-order valence-electron chi connectivity index (χ1n) is 9.93. The molecule has 0 aliphatic carbocycles. The number of Topliss-reactive ketones (excluding diaryl/α,β-unsaturated/α-hetero) is 1. The first-order chi connectivity index (χ1) is 14.9. The molecule has 1 atom stereocenters. The van der Waals surface area contributed by atoms with E-state index in [0.29, 0.717) is 40.3 Å². The van der Waals surface area contributed by atoms with Crippen molar-refractivity contribution in [2.45, 2.75) is 6.04 Å². The van der Waals surface area contributed by atoms with Crippen LogP contribution in [0.15, 0.2) is 66.7 Å². The molecule has 1 fully saturated rings. The molecule has 1 N–H and O–H groups in total. The van der Waals surface area contributed by atoms with Gasteiger partial charge in [0.15, 0.2) is 5.78 Å². The molecule has 1 aliphatic heterocycles. The van der Waals surface area contributed by atoms with Crippen LogP contribution in [-0.2, 0) is 0 Å². The third kappa shape index (κ3) is 4.99. The molecule has 0 radical (unpaired) electrons. The van der Waals surface area contributed by atoms with Gasteiger partial charge in [0.1, 0.15) is 5.75 Å². The van der Waals surface area contributed by atoms with Gasteiger partial charge in [-0.25, -0.2) is 0 Å². The third-order valence-corrected chi connectivity index (χ3v) is 6.30. The topological polar surface area (TPSA) is 43.8 Å². The summed E-state index contributed by atoms with van der Waals surface area (Å²) < 4.78 is 0. The number of para-hydroxylation sites is 1. The summed E-state index contributed by atoms with van der Waals surface area (Å²) in [7, 11) is 0. The molecule has 1 aliphatic rings. The van der Waals surface area contributed by atoms with Gasteiger partial charge in [-0.05, 0) is 48.0 Å². The number of benzene rings is 3. The molecule has 31 heavy (non-hydrogen) atoms. The Morgan fingerprint density at radius 1 is 0.935 bits per heavy atom. The van der Waals surface area contributed by atoms with Gasteiger partial charge in [0.2, 0.25) is 0 Å². The number of halogens is 3. The van der Waals surface area contributed by atoms with Gasteiger partial charge in [-0.1, -0.05) is 59.1 Å². The number of phenols is 1. The lowest BCUT2D eigenvalue weighted by atomic mass is 10.0. The van der Waals surface area contributed by atoms with Crippen molar-refractivity contribution in [1.29, 1.82) is 0 Å². The standard InChI is InChI=1S/C24H21Cl3N2O2/c25-17-7-5-16(6-8-17)22-14-28(15-24(31)19-3-1-2-4-23(19)30)11-12-29(22)21-10-9-18(26)13-20(21)27/h1-10,13,22,30H,11-12,14-15H2/t22-/m0/s1. The first-order valence-corrected chi connectivity index (χ1v) is 11.1. The summed E-state index contributed by atoms with van der Waals surface area (Å²) in [6.07, 6.45) is 0. The van der Waals surface area contributed by atoms with Gasteiger partial charge in [-0.2, -0.15) is 0 Å². The normalized spacial score (nSPS) is 17.0. The molecular formula is C24H21Cl3N2O2. The van der Waals surface area contributed by atoms with Crippen LogP contribution in [0, 0.1) is 0 Å². The van der Waals surface area contributed by atoms with Crippen LogP contribution in [-0.4, -0.2) is 42.0 Å². The van der Waals surface area contributed by atoms with Crippen molar-refractivity contribution in [2.24, 2.45) is 0 Å². The van der Waals surface area contributed by atoms with E-state index in [-0.39, 0.29) is 24.1 Å². The lowest BCUT2D eigenvalue weighted by Gasteiger charge is -2.43. The minimum atomic E-state index is -0.106. The molecule has 0 aromatic heterocycles. The van der Waals surface area contributed by atoms with Crippen molar-refractivity contribution in [1.82, 2.24) is 4.90 Å². The zero-order valence-electron chi connectivity index (χ0n) is 16.6. The minimum absolute atomic E-state index is 0.00772. The van der Waals surface area contributed by atoms with E-state index in [9.17, 15) is 9.90 Å². The van der Waals surface area contributed by atoms with Crippen LogP contribution in [0.4, 0.5) is 5.69 Å². The molecule has 0 amide bonds. The molecule has 7 heteroatoms. The molecular weight excluding hydrogens is 455 g/mol. The minimum Gasteiger partial charge on any atom is -0.507 e.